The molecule has 8 nitrogen and oxygen atoms in total. The van der Waals surface area contributed by atoms with E-state index < -0.39 is 11.9 Å². The molecule has 0 unspecified atom stereocenters. The Hall–Kier alpha value is -3.84. The van der Waals surface area contributed by atoms with E-state index >= 15 is 0 Å². The number of benzene rings is 2. The molecule has 13 heteroatoms. The average molecular weight is 559 g/mol. The van der Waals surface area contributed by atoms with Crippen molar-refractivity contribution < 1.29 is 13.2 Å². The second-order valence-corrected chi connectivity index (χ2v) is 10.5. The number of aromatic nitrogens is 1. The topological polar surface area (TPSA) is 89.0 Å². The summed E-state index contributed by atoms with van der Waals surface area (Å²) in [6.07, 6.45) is -1.95. The number of hydrogen-bond donors (Lipinski definition) is 4. The Kier molecular flexibility index (Phi) is 7.65. The number of hydrogen-bond acceptors (Lipinski definition) is 10. The molecule has 4 aromatic rings. The SMILES string of the molecule is Cc1cc(NNc2ccc(N3CCCC3)s2)ccc1N=Nc1ccc(NNc2nc(C(F)(F)F)cs2)cc1. The van der Waals surface area contributed by atoms with E-state index in [-0.39, 0.29) is 5.13 Å². The van der Waals surface area contributed by atoms with Crippen LogP contribution in [0.5, 0.6) is 0 Å². The number of hydrazine groups is 2. The number of aryl methyl sites for hydroxylation is 1. The van der Waals surface area contributed by atoms with Gasteiger partial charge in [0.2, 0.25) is 5.13 Å². The lowest BCUT2D eigenvalue weighted by atomic mass is 10.2. The standard InChI is InChI=1S/C25H25F3N8S2/c1-16-14-19(32-34-22-10-11-23(38-22)36-12-2-3-13-36)8-9-20(16)33-30-17-4-6-18(7-5-17)31-35-24-29-21(15-37-24)25(26,27)28/h4-11,14-15,31-32,34H,2-3,12-13H2,1H3,(H,29,35). The van der Waals surface area contributed by atoms with Crippen LogP contribution >= 0.6 is 22.7 Å². The van der Waals surface area contributed by atoms with Crippen LogP contribution in [0.1, 0.15) is 24.1 Å². The van der Waals surface area contributed by atoms with Crippen molar-refractivity contribution in [3.63, 3.8) is 0 Å². The third kappa shape index (κ3) is 6.53. The number of azo groups is 1. The summed E-state index contributed by atoms with van der Waals surface area (Å²) in [5, 5.41) is 12.1. The molecule has 38 heavy (non-hydrogen) atoms. The van der Waals surface area contributed by atoms with Crippen molar-refractivity contribution >= 4 is 60.6 Å². The summed E-state index contributed by atoms with van der Waals surface area (Å²) in [6, 6.07) is 17.1. The van der Waals surface area contributed by atoms with Crippen LogP contribution in [0.2, 0.25) is 0 Å². The highest BCUT2D eigenvalue weighted by molar-refractivity contribution is 7.20. The zero-order valence-corrected chi connectivity index (χ0v) is 22.0. The van der Waals surface area contributed by atoms with Crippen LogP contribution in [0, 0.1) is 6.92 Å². The maximum absolute atomic E-state index is 12.7. The summed E-state index contributed by atoms with van der Waals surface area (Å²) in [5.74, 6) is 0. The summed E-state index contributed by atoms with van der Waals surface area (Å²) in [4.78, 5) is 5.93. The van der Waals surface area contributed by atoms with Crippen molar-refractivity contribution in [2.75, 3.05) is 39.7 Å². The van der Waals surface area contributed by atoms with Gasteiger partial charge in [0.1, 0.15) is 5.00 Å². The predicted octanol–water partition coefficient (Wildman–Crippen LogP) is 8.43. The summed E-state index contributed by atoms with van der Waals surface area (Å²) in [6.45, 7) is 4.23. The fraction of sp³-hybridized carbons (Fsp3) is 0.240. The van der Waals surface area contributed by atoms with Crippen LogP contribution in [-0.2, 0) is 6.18 Å². The van der Waals surface area contributed by atoms with Crippen molar-refractivity contribution in [2.45, 2.75) is 25.9 Å². The molecule has 1 aliphatic heterocycles. The summed E-state index contributed by atoms with van der Waals surface area (Å²) < 4.78 is 38.0. The zero-order valence-electron chi connectivity index (χ0n) is 20.3. The molecule has 5 rings (SSSR count). The normalized spacial score (nSPS) is 13.7. The lowest BCUT2D eigenvalue weighted by molar-refractivity contribution is -0.140. The fourth-order valence-corrected chi connectivity index (χ4v) is 5.37. The quantitative estimate of drug-likeness (QED) is 0.122. The molecular weight excluding hydrogens is 533 g/mol. The van der Waals surface area contributed by atoms with Gasteiger partial charge in [-0.25, -0.2) is 4.98 Å². The highest BCUT2D eigenvalue weighted by atomic mass is 32.1. The fourth-order valence-electron chi connectivity index (χ4n) is 3.79. The van der Waals surface area contributed by atoms with Crippen molar-refractivity contribution in [2.24, 2.45) is 10.2 Å². The molecule has 0 atom stereocenters. The molecule has 0 aliphatic carbocycles. The number of thiazole rings is 1. The number of thiophene rings is 1. The van der Waals surface area contributed by atoms with E-state index in [4.69, 9.17) is 0 Å². The molecule has 0 bridgehead atoms. The largest absolute Gasteiger partial charge is 0.434 e. The second-order valence-electron chi connectivity index (χ2n) is 8.62. The van der Waals surface area contributed by atoms with Gasteiger partial charge >= 0.3 is 6.18 Å². The molecule has 0 amide bonds. The van der Waals surface area contributed by atoms with Crippen molar-refractivity contribution in [3.8, 4) is 0 Å². The van der Waals surface area contributed by atoms with Gasteiger partial charge in [0.25, 0.3) is 0 Å². The first-order valence-corrected chi connectivity index (χ1v) is 13.6. The molecule has 3 heterocycles. The van der Waals surface area contributed by atoms with Crippen LogP contribution in [0.15, 0.2) is 70.2 Å². The lowest BCUT2D eigenvalue weighted by Gasteiger charge is -2.14. The van der Waals surface area contributed by atoms with E-state index in [0.717, 1.165) is 51.7 Å². The van der Waals surface area contributed by atoms with Gasteiger partial charge in [-0.3, -0.25) is 16.3 Å². The number of nitrogens with one attached hydrogen (secondary N) is 4. The maximum atomic E-state index is 12.7. The summed E-state index contributed by atoms with van der Waals surface area (Å²) in [5.41, 5.74) is 15.0. The van der Waals surface area contributed by atoms with Crippen LogP contribution < -0.4 is 26.6 Å². The minimum Gasteiger partial charge on any atom is -0.363 e. The molecule has 1 saturated heterocycles. The summed E-state index contributed by atoms with van der Waals surface area (Å²) >= 11 is 2.60. The van der Waals surface area contributed by atoms with E-state index in [1.807, 2.05) is 25.1 Å². The molecule has 198 valence electrons. The predicted molar refractivity (Wildman–Crippen MR) is 149 cm³/mol. The second kappa shape index (κ2) is 11.3. The van der Waals surface area contributed by atoms with Gasteiger partial charge in [-0.05, 0) is 79.9 Å². The van der Waals surface area contributed by atoms with Crippen LogP contribution in [-0.4, -0.2) is 18.1 Å². The van der Waals surface area contributed by atoms with Gasteiger partial charge in [0.05, 0.1) is 27.8 Å². The van der Waals surface area contributed by atoms with E-state index in [1.165, 1.54) is 17.8 Å². The van der Waals surface area contributed by atoms with E-state index in [1.54, 1.807) is 35.6 Å². The van der Waals surface area contributed by atoms with Gasteiger partial charge in [-0.2, -0.15) is 23.4 Å². The Morgan fingerprint density at radius 3 is 2.32 bits per heavy atom. The number of anilines is 5. The first-order chi connectivity index (χ1) is 18.3. The Balaban J connectivity index is 1.12. The minimum atomic E-state index is -4.46. The van der Waals surface area contributed by atoms with Crippen molar-refractivity contribution in [1.82, 2.24) is 4.98 Å². The van der Waals surface area contributed by atoms with Crippen LogP contribution in [0.25, 0.3) is 0 Å². The molecule has 0 spiro atoms. The van der Waals surface area contributed by atoms with Crippen molar-refractivity contribution in [3.05, 3.63) is 71.2 Å². The first kappa shape index (κ1) is 25.8. The number of alkyl halides is 3. The number of rotatable bonds is 9. The smallest absolute Gasteiger partial charge is 0.363 e. The molecule has 1 fully saturated rings. The minimum absolute atomic E-state index is 0.118. The third-order valence-electron chi connectivity index (χ3n) is 5.79. The Labute approximate surface area is 225 Å². The van der Waals surface area contributed by atoms with E-state index in [2.05, 4.69) is 53.9 Å². The van der Waals surface area contributed by atoms with Gasteiger partial charge in [0.15, 0.2) is 5.69 Å². The molecule has 1 aliphatic rings. The van der Waals surface area contributed by atoms with Crippen LogP contribution in [0.4, 0.5) is 51.1 Å². The highest BCUT2D eigenvalue weighted by Crippen LogP contribution is 2.33. The van der Waals surface area contributed by atoms with E-state index in [0.29, 0.717) is 11.4 Å². The molecule has 4 N–H and O–H groups in total. The van der Waals surface area contributed by atoms with Gasteiger partial charge in [0, 0.05) is 18.5 Å². The molecule has 2 aromatic carbocycles. The number of nitrogens with zero attached hydrogens (tertiary/aromatic N) is 4. The van der Waals surface area contributed by atoms with Gasteiger partial charge < -0.3 is 10.3 Å². The molecule has 0 radical (unpaired) electrons. The average Bonchev–Trinajstić information content (AvgIpc) is 3.68. The molecular formula is C25H25F3N8S2. The monoisotopic (exact) mass is 558 g/mol. The van der Waals surface area contributed by atoms with E-state index in [9.17, 15) is 13.2 Å². The Morgan fingerprint density at radius 2 is 1.61 bits per heavy atom. The van der Waals surface area contributed by atoms with Crippen molar-refractivity contribution in [1.29, 1.82) is 0 Å². The molecule has 2 aromatic heterocycles. The van der Waals surface area contributed by atoms with Gasteiger partial charge in [-0.1, -0.05) is 11.3 Å². The third-order valence-corrected chi connectivity index (χ3v) is 7.60. The Morgan fingerprint density at radius 1 is 0.868 bits per heavy atom. The molecule has 0 saturated carbocycles. The number of halogens is 3. The highest BCUT2D eigenvalue weighted by Gasteiger charge is 2.33. The summed E-state index contributed by atoms with van der Waals surface area (Å²) in [7, 11) is 0. The lowest BCUT2D eigenvalue weighted by Crippen LogP contribution is -2.15. The zero-order chi connectivity index (χ0) is 26.5. The maximum Gasteiger partial charge on any atom is 0.434 e. The van der Waals surface area contributed by atoms with Gasteiger partial charge in [-0.15, -0.1) is 11.3 Å². The van der Waals surface area contributed by atoms with Crippen LogP contribution in [0.3, 0.4) is 0 Å². The Bertz CT molecular complexity index is 1390. The first-order valence-electron chi connectivity index (χ1n) is 11.9.